The molecule has 9 nitrogen and oxygen atoms in total. The van der Waals surface area contributed by atoms with Crippen LogP contribution in [-0.2, 0) is 19.6 Å². The van der Waals surface area contributed by atoms with Crippen molar-refractivity contribution in [3.8, 4) is 5.75 Å². The molecule has 2 heterocycles. The van der Waals surface area contributed by atoms with Crippen LogP contribution < -0.4 is 31.1 Å². The number of aromatic nitrogens is 2. The number of methoxy groups -OCH3 is 1. The molecule has 1 aliphatic carbocycles. The molecular weight excluding hydrogens is 502 g/mol. The number of ether oxygens (including phenoxy) is 1. The van der Waals surface area contributed by atoms with Crippen molar-refractivity contribution in [3.63, 3.8) is 0 Å². The lowest BCUT2D eigenvalue weighted by atomic mass is 9.95. The standard InChI is InChI=1S/C24H34BrN5O4/c1-4-28-22(32)20-21(29(12-13-31)24(28)33)27(2)23(26-17-8-6-5-7-9-17)30(20)15-16-10-11-19(34-3)18(25)14-16/h10-11,14,17,23,26,31H,4-9,12-13,15H2,1-3H3. The Hall–Kier alpha value is -2.30. The first-order valence-corrected chi connectivity index (χ1v) is 12.8. The number of anilines is 2. The highest BCUT2D eigenvalue weighted by atomic mass is 79.9. The summed E-state index contributed by atoms with van der Waals surface area (Å²) in [6.07, 6.45) is 5.51. The number of benzene rings is 1. The Morgan fingerprint density at radius 2 is 1.91 bits per heavy atom. The van der Waals surface area contributed by atoms with E-state index in [2.05, 4.69) is 26.1 Å². The van der Waals surface area contributed by atoms with E-state index in [1.165, 1.54) is 28.4 Å². The van der Waals surface area contributed by atoms with E-state index in [0.29, 0.717) is 24.1 Å². The molecule has 1 saturated carbocycles. The molecule has 10 heteroatoms. The molecule has 1 fully saturated rings. The van der Waals surface area contributed by atoms with Crippen LogP contribution in [0.25, 0.3) is 0 Å². The van der Waals surface area contributed by atoms with E-state index in [0.717, 1.165) is 28.6 Å². The lowest BCUT2D eigenvalue weighted by Crippen LogP contribution is -2.55. The molecule has 4 rings (SSSR count). The third-order valence-corrected chi connectivity index (χ3v) is 7.48. The topological polar surface area (TPSA) is 92.0 Å². The molecule has 0 spiro atoms. The Balaban J connectivity index is 1.83. The number of nitrogens with zero attached hydrogens (tertiary/aromatic N) is 4. The number of rotatable bonds is 8. The number of halogens is 1. The highest BCUT2D eigenvalue weighted by Gasteiger charge is 2.40. The number of aliphatic hydroxyl groups excluding tert-OH is 1. The second-order valence-corrected chi connectivity index (χ2v) is 9.82. The average Bonchev–Trinajstić information content (AvgIpc) is 3.09. The maximum absolute atomic E-state index is 13.6. The van der Waals surface area contributed by atoms with E-state index in [1.807, 2.05) is 30.1 Å². The second kappa shape index (κ2) is 10.5. The smallest absolute Gasteiger partial charge is 0.332 e. The van der Waals surface area contributed by atoms with Crippen LogP contribution in [0.4, 0.5) is 11.5 Å². The van der Waals surface area contributed by atoms with E-state index in [4.69, 9.17) is 4.74 Å². The van der Waals surface area contributed by atoms with E-state index >= 15 is 0 Å². The van der Waals surface area contributed by atoms with Crippen LogP contribution in [0.15, 0.2) is 32.3 Å². The summed E-state index contributed by atoms with van der Waals surface area (Å²) in [7, 11) is 3.54. The number of hydrogen-bond acceptors (Lipinski definition) is 7. The van der Waals surface area contributed by atoms with Gasteiger partial charge in [-0.15, -0.1) is 0 Å². The third-order valence-electron chi connectivity index (χ3n) is 6.86. The fraction of sp³-hybridized carbons (Fsp3) is 0.583. The van der Waals surface area contributed by atoms with Crippen LogP contribution in [0, 0.1) is 0 Å². The van der Waals surface area contributed by atoms with Crippen LogP contribution in [0.1, 0.15) is 44.6 Å². The molecular formula is C24H34BrN5O4. The molecule has 2 N–H and O–H groups in total. The maximum Gasteiger partial charge on any atom is 0.332 e. The summed E-state index contributed by atoms with van der Waals surface area (Å²) in [5.41, 5.74) is 0.797. The zero-order valence-corrected chi connectivity index (χ0v) is 21.7. The largest absolute Gasteiger partial charge is 0.496 e. The number of fused-ring (bicyclic) bond motifs is 1. The van der Waals surface area contributed by atoms with Crippen LogP contribution in [-0.4, -0.2) is 47.3 Å². The van der Waals surface area contributed by atoms with Gasteiger partial charge in [0.1, 0.15) is 17.3 Å². The molecule has 1 aromatic heterocycles. The Kier molecular flexibility index (Phi) is 7.69. The first-order valence-electron chi connectivity index (χ1n) is 12.0. The molecule has 1 aromatic carbocycles. The highest BCUT2D eigenvalue weighted by Crippen LogP contribution is 2.37. The summed E-state index contributed by atoms with van der Waals surface area (Å²) >= 11 is 3.57. The summed E-state index contributed by atoms with van der Waals surface area (Å²) in [6, 6.07) is 6.23. The van der Waals surface area contributed by atoms with Gasteiger partial charge in [0.2, 0.25) is 0 Å². The van der Waals surface area contributed by atoms with Gasteiger partial charge in [0.15, 0.2) is 6.29 Å². The van der Waals surface area contributed by atoms with Gasteiger partial charge in [0.25, 0.3) is 5.56 Å². The molecule has 0 radical (unpaired) electrons. The summed E-state index contributed by atoms with van der Waals surface area (Å²) in [4.78, 5) is 30.7. The predicted octanol–water partition coefficient (Wildman–Crippen LogP) is 2.46. The normalized spacial score (nSPS) is 18.4. The Morgan fingerprint density at radius 3 is 2.53 bits per heavy atom. The van der Waals surface area contributed by atoms with Crippen LogP contribution in [0.3, 0.4) is 0 Å². The first-order chi connectivity index (χ1) is 16.4. The maximum atomic E-state index is 13.6. The summed E-state index contributed by atoms with van der Waals surface area (Å²) in [5, 5.41) is 13.5. The Labute approximate surface area is 208 Å². The average molecular weight is 536 g/mol. The minimum Gasteiger partial charge on any atom is -0.496 e. The van der Waals surface area contributed by atoms with Crippen molar-refractivity contribution in [2.45, 2.75) is 71.0 Å². The van der Waals surface area contributed by atoms with Crippen molar-refractivity contribution in [3.05, 3.63) is 49.1 Å². The Morgan fingerprint density at radius 1 is 1.18 bits per heavy atom. The molecule has 2 aromatic rings. The number of hydrogen-bond donors (Lipinski definition) is 2. The van der Waals surface area contributed by atoms with Gasteiger partial charge in [-0.1, -0.05) is 25.3 Å². The predicted molar refractivity (Wildman–Crippen MR) is 137 cm³/mol. The molecule has 2 aliphatic rings. The molecule has 34 heavy (non-hydrogen) atoms. The van der Waals surface area contributed by atoms with E-state index < -0.39 is 5.69 Å². The highest BCUT2D eigenvalue weighted by molar-refractivity contribution is 9.10. The minimum atomic E-state index is -0.391. The molecule has 186 valence electrons. The molecule has 0 amide bonds. The second-order valence-electron chi connectivity index (χ2n) is 8.96. The van der Waals surface area contributed by atoms with Crippen molar-refractivity contribution >= 4 is 27.4 Å². The van der Waals surface area contributed by atoms with Crippen molar-refractivity contribution in [2.24, 2.45) is 0 Å². The Bertz CT molecular complexity index is 1140. The van der Waals surface area contributed by atoms with Gasteiger partial charge in [-0.05, 0) is 53.4 Å². The summed E-state index contributed by atoms with van der Waals surface area (Å²) < 4.78 is 8.99. The van der Waals surface area contributed by atoms with Gasteiger partial charge in [-0.25, -0.2) is 4.79 Å². The number of aliphatic hydroxyl groups is 1. The summed E-state index contributed by atoms with van der Waals surface area (Å²) in [6.45, 7) is 2.47. The van der Waals surface area contributed by atoms with Gasteiger partial charge in [0.05, 0.1) is 24.7 Å². The molecule has 0 saturated heterocycles. The van der Waals surface area contributed by atoms with E-state index in [1.54, 1.807) is 14.0 Å². The van der Waals surface area contributed by atoms with Crippen molar-refractivity contribution in [1.29, 1.82) is 0 Å². The molecule has 0 bridgehead atoms. The van der Waals surface area contributed by atoms with Crippen molar-refractivity contribution in [1.82, 2.24) is 14.5 Å². The van der Waals surface area contributed by atoms with Gasteiger partial charge in [-0.2, -0.15) is 0 Å². The van der Waals surface area contributed by atoms with Crippen LogP contribution in [0.5, 0.6) is 5.75 Å². The van der Waals surface area contributed by atoms with Gasteiger partial charge >= 0.3 is 5.69 Å². The first kappa shape index (κ1) is 24.8. The summed E-state index contributed by atoms with van der Waals surface area (Å²) in [5.74, 6) is 1.29. The quantitative estimate of drug-likeness (QED) is 0.536. The van der Waals surface area contributed by atoms with E-state index in [9.17, 15) is 14.7 Å². The van der Waals surface area contributed by atoms with Gasteiger partial charge in [-0.3, -0.25) is 19.2 Å². The van der Waals surface area contributed by atoms with Crippen molar-refractivity contribution < 1.29 is 9.84 Å². The van der Waals surface area contributed by atoms with Gasteiger partial charge < -0.3 is 19.6 Å². The van der Waals surface area contributed by atoms with Crippen LogP contribution in [0.2, 0.25) is 0 Å². The SMILES string of the molecule is CCn1c(=O)c2c(n(CCO)c1=O)N(C)C(NC1CCCCC1)N2Cc1ccc(OC)c(Br)c1. The zero-order valence-electron chi connectivity index (χ0n) is 20.1. The molecule has 1 aliphatic heterocycles. The monoisotopic (exact) mass is 535 g/mol. The van der Waals surface area contributed by atoms with E-state index in [-0.39, 0.29) is 31.5 Å². The minimum absolute atomic E-state index is 0.129. The third kappa shape index (κ3) is 4.50. The fourth-order valence-electron chi connectivity index (χ4n) is 5.16. The zero-order chi connectivity index (χ0) is 24.4. The lowest BCUT2D eigenvalue weighted by molar-refractivity contribution is 0.272. The van der Waals surface area contributed by atoms with Crippen LogP contribution >= 0.6 is 15.9 Å². The molecule has 1 unspecified atom stereocenters. The van der Waals surface area contributed by atoms with Gasteiger partial charge in [0, 0.05) is 26.2 Å². The lowest BCUT2D eigenvalue weighted by Gasteiger charge is -2.35. The van der Waals surface area contributed by atoms with Crippen molar-refractivity contribution in [2.75, 3.05) is 30.6 Å². The molecule has 1 atom stereocenters. The number of nitrogens with one attached hydrogen (secondary N) is 1. The fourth-order valence-corrected chi connectivity index (χ4v) is 5.75.